The van der Waals surface area contributed by atoms with Crippen molar-refractivity contribution < 1.29 is 4.79 Å². The molecule has 26 heavy (non-hydrogen) atoms. The Bertz CT molecular complexity index is 911. The van der Waals surface area contributed by atoms with Gasteiger partial charge in [0.05, 0.1) is 0 Å². The number of para-hydroxylation sites is 1. The molecule has 130 valence electrons. The van der Waals surface area contributed by atoms with Gasteiger partial charge >= 0.3 is 0 Å². The van der Waals surface area contributed by atoms with E-state index in [1.807, 2.05) is 24.3 Å². The van der Waals surface area contributed by atoms with E-state index in [0.29, 0.717) is 18.3 Å². The van der Waals surface area contributed by atoms with Crippen LogP contribution in [0.3, 0.4) is 0 Å². The van der Waals surface area contributed by atoms with Crippen LogP contribution in [0.25, 0.3) is 0 Å². The summed E-state index contributed by atoms with van der Waals surface area (Å²) in [6, 6.07) is 15.9. The number of carbonyl (C=O) groups excluding carboxylic acids is 1. The molecule has 6 nitrogen and oxygen atoms in total. The van der Waals surface area contributed by atoms with E-state index in [9.17, 15) is 4.79 Å². The lowest BCUT2D eigenvalue weighted by atomic mass is 10.1. The Kier molecular flexibility index (Phi) is 4.31. The summed E-state index contributed by atoms with van der Waals surface area (Å²) >= 11 is 0. The molecule has 1 amide bonds. The number of pyridine rings is 1. The lowest BCUT2D eigenvalue weighted by Crippen LogP contribution is -2.27. The molecule has 0 saturated carbocycles. The van der Waals surface area contributed by atoms with Crippen LogP contribution in [0, 0.1) is 0 Å². The first-order valence-electron chi connectivity index (χ1n) is 8.60. The van der Waals surface area contributed by atoms with Gasteiger partial charge < -0.3 is 10.2 Å². The summed E-state index contributed by atoms with van der Waals surface area (Å²) in [5.74, 6) is 0.517. The van der Waals surface area contributed by atoms with Crippen molar-refractivity contribution in [1.29, 1.82) is 0 Å². The van der Waals surface area contributed by atoms with Gasteiger partial charge in [-0.3, -0.25) is 9.78 Å². The predicted molar refractivity (Wildman–Crippen MR) is 99.2 cm³/mol. The van der Waals surface area contributed by atoms with Crippen molar-refractivity contribution in [1.82, 2.24) is 20.5 Å². The van der Waals surface area contributed by atoms with Crippen molar-refractivity contribution in [2.24, 2.45) is 0 Å². The summed E-state index contributed by atoms with van der Waals surface area (Å²) in [7, 11) is 0. The molecule has 1 aliphatic heterocycles. The van der Waals surface area contributed by atoms with E-state index in [2.05, 4.69) is 50.5 Å². The van der Waals surface area contributed by atoms with Crippen molar-refractivity contribution >= 4 is 17.4 Å². The molecule has 1 N–H and O–H groups in total. The summed E-state index contributed by atoms with van der Waals surface area (Å²) in [5.41, 5.74) is 3.76. The molecular formula is C20H19N5O. The number of anilines is 2. The minimum Gasteiger partial charge on any atom is -0.347 e. The highest BCUT2D eigenvalue weighted by atomic mass is 16.1. The van der Waals surface area contributed by atoms with E-state index >= 15 is 0 Å². The summed E-state index contributed by atoms with van der Waals surface area (Å²) in [6.45, 7) is 2.60. The van der Waals surface area contributed by atoms with E-state index in [-0.39, 0.29) is 5.91 Å². The van der Waals surface area contributed by atoms with Gasteiger partial charge in [0.1, 0.15) is 0 Å². The van der Waals surface area contributed by atoms with Crippen LogP contribution in [0.1, 0.15) is 28.5 Å². The number of fused-ring (bicyclic) bond motifs is 1. The fraction of sp³-hybridized carbons (Fsp3) is 0.200. The molecule has 0 fully saturated rings. The number of hydrogen-bond acceptors (Lipinski definition) is 5. The van der Waals surface area contributed by atoms with Crippen LogP contribution in [0.5, 0.6) is 0 Å². The second-order valence-corrected chi connectivity index (χ2v) is 6.37. The molecule has 0 bridgehead atoms. The highest BCUT2D eigenvalue weighted by Gasteiger charge is 2.28. The lowest BCUT2D eigenvalue weighted by Gasteiger charge is -2.23. The minimum absolute atomic E-state index is 0.240. The maximum absolute atomic E-state index is 12.3. The Morgan fingerprint density at radius 2 is 1.92 bits per heavy atom. The second-order valence-electron chi connectivity index (χ2n) is 6.37. The number of carbonyl (C=O) groups is 1. The molecule has 6 heteroatoms. The molecular weight excluding hydrogens is 326 g/mol. The number of rotatable bonds is 4. The van der Waals surface area contributed by atoms with Crippen LogP contribution in [-0.4, -0.2) is 27.1 Å². The number of amides is 1. The van der Waals surface area contributed by atoms with E-state index in [0.717, 1.165) is 23.5 Å². The van der Waals surface area contributed by atoms with Gasteiger partial charge in [-0.25, -0.2) is 0 Å². The van der Waals surface area contributed by atoms with E-state index < -0.39 is 0 Å². The zero-order valence-electron chi connectivity index (χ0n) is 14.5. The van der Waals surface area contributed by atoms with Crippen LogP contribution in [-0.2, 0) is 13.0 Å². The maximum atomic E-state index is 12.3. The smallest absolute Gasteiger partial charge is 0.272 e. The Hall–Kier alpha value is -3.28. The lowest BCUT2D eigenvalue weighted by molar-refractivity contribution is 0.0945. The standard InChI is InChI=1S/C20H19N5O/c1-14-12-16-4-2-3-5-18(16)25(14)19-7-6-17(23-24-19)20(26)22-13-15-8-10-21-11-9-15/h2-11,14H,12-13H2,1H3,(H,22,26). The fourth-order valence-corrected chi connectivity index (χ4v) is 3.26. The molecule has 1 atom stereocenters. The molecule has 3 heterocycles. The quantitative estimate of drug-likeness (QED) is 0.787. The van der Waals surface area contributed by atoms with Gasteiger partial charge in [0.15, 0.2) is 11.5 Å². The van der Waals surface area contributed by atoms with Crippen molar-refractivity contribution in [3.8, 4) is 0 Å². The van der Waals surface area contributed by atoms with E-state index in [1.54, 1.807) is 18.5 Å². The average Bonchev–Trinajstić information content (AvgIpc) is 3.03. The minimum atomic E-state index is -0.240. The zero-order chi connectivity index (χ0) is 17.9. The average molecular weight is 345 g/mol. The third-order valence-corrected chi connectivity index (χ3v) is 4.54. The van der Waals surface area contributed by atoms with Crippen molar-refractivity contribution in [3.05, 3.63) is 77.7 Å². The molecule has 4 rings (SSSR count). The monoisotopic (exact) mass is 345 g/mol. The van der Waals surface area contributed by atoms with Crippen LogP contribution >= 0.6 is 0 Å². The topological polar surface area (TPSA) is 71.0 Å². The van der Waals surface area contributed by atoms with Crippen LogP contribution in [0.15, 0.2) is 60.9 Å². The first kappa shape index (κ1) is 16.2. The summed E-state index contributed by atoms with van der Waals surface area (Å²) < 4.78 is 0. The first-order valence-corrected chi connectivity index (χ1v) is 8.60. The van der Waals surface area contributed by atoms with Gasteiger partial charge in [0.2, 0.25) is 0 Å². The second kappa shape index (κ2) is 6.92. The van der Waals surface area contributed by atoms with Crippen LogP contribution < -0.4 is 10.2 Å². The summed E-state index contributed by atoms with van der Waals surface area (Å²) in [6.07, 6.45) is 4.38. The van der Waals surface area contributed by atoms with Crippen molar-refractivity contribution in [2.75, 3.05) is 4.90 Å². The van der Waals surface area contributed by atoms with Crippen molar-refractivity contribution in [3.63, 3.8) is 0 Å². The molecule has 3 aromatic rings. The number of nitrogens with zero attached hydrogens (tertiary/aromatic N) is 4. The predicted octanol–water partition coefficient (Wildman–Crippen LogP) is 2.88. The SMILES string of the molecule is CC1Cc2ccccc2N1c1ccc(C(=O)NCc2ccncc2)nn1. The molecule has 0 spiro atoms. The number of hydrogen-bond donors (Lipinski definition) is 1. The van der Waals surface area contributed by atoms with Crippen LogP contribution in [0.2, 0.25) is 0 Å². The van der Waals surface area contributed by atoms with Gasteiger partial charge in [-0.15, -0.1) is 10.2 Å². The largest absolute Gasteiger partial charge is 0.347 e. The van der Waals surface area contributed by atoms with E-state index in [1.165, 1.54) is 5.56 Å². The first-order chi connectivity index (χ1) is 12.7. The number of aromatic nitrogens is 3. The fourth-order valence-electron chi connectivity index (χ4n) is 3.26. The molecule has 0 aliphatic carbocycles. The molecule has 1 aromatic carbocycles. The Morgan fingerprint density at radius 3 is 2.69 bits per heavy atom. The third kappa shape index (κ3) is 3.13. The molecule has 0 radical (unpaired) electrons. The molecule has 1 aliphatic rings. The summed E-state index contributed by atoms with van der Waals surface area (Å²) in [5, 5.41) is 11.3. The highest BCUT2D eigenvalue weighted by molar-refractivity contribution is 5.92. The Balaban J connectivity index is 1.48. The Labute approximate surface area is 151 Å². The van der Waals surface area contributed by atoms with Gasteiger partial charge in [-0.1, -0.05) is 18.2 Å². The van der Waals surface area contributed by atoms with Gasteiger partial charge in [-0.05, 0) is 54.8 Å². The Morgan fingerprint density at radius 1 is 1.12 bits per heavy atom. The third-order valence-electron chi connectivity index (χ3n) is 4.54. The normalized spacial score (nSPS) is 15.6. The van der Waals surface area contributed by atoms with Gasteiger partial charge in [-0.2, -0.15) is 0 Å². The number of nitrogens with one attached hydrogen (secondary N) is 1. The van der Waals surface area contributed by atoms with E-state index in [4.69, 9.17) is 0 Å². The number of benzene rings is 1. The summed E-state index contributed by atoms with van der Waals surface area (Å²) in [4.78, 5) is 18.4. The van der Waals surface area contributed by atoms with Gasteiger partial charge in [0, 0.05) is 30.7 Å². The zero-order valence-corrected chi connectivity index (χ0v) is 14.5. The van der Waals surface area contributed by atoms with Crippen molar-refractivity contribution in [2.45, 2.75) is 25.9 Å². The molecule has 0 saturated heterocycles. The van der Waals surface area contributed by atoms with Gasteiger partial charge in [0.25, 0.3) is 5.91 Å². The highest BCUT2D eigenvalue weighted by Crippen LogP contribution is 2.36. The maximum Gasteiger partial charge on any atom is 0.272 e. The molecule has 1 unspecified atom stereocenters. The molecule has 2 aromatic heterocycles. The van der Waals surface area contributed by atoms with Crippen LogP contribution in [0.4, 0.5) is 11.5 Å².